The Morgan fingerprint density at radius 1 is 1.22 bits per heavy atom. The third-order valence-corrected chi connectivity index (χ3v) is 2.77. The zero-order valence-corrected chi connectivity index (χ0v) is 10.9. The summed E-state index contributed by atoms with van der Waals surface area (Å²) in [4.78, 5) is 35.9. The van der Waals surface area contributed by atoms with Crippen molar-refractivity contribution in [2.45, 2.75) is 32.7 Å². The Hall–Kier alpha value is -1.43. The quantitative estimate of drug-likeness (QED) is 0.734. The molecule has 1 unspecified atom stereocenters. The van der Waals surface area contributed by atoms with Crippen molar-refractivity contribution in [2.24, 2.45) is 0 Å². The molecule has 2 amide bonds. The third kappa shape index (κ3) is 4.83. The van der Waals surface area contributed by atoms with Crippen LogP contribution < -0.4 is 5.32 Å². The molecule has 18 heavy (non-hydrogen) atoms. The summed E-state index contributed by atoms with van der Waals surface area (Å²) < 4.78 is 5.16. The molecule has 1 aliphatic rings. The van der Waals surface area contributed by atoms with E-state index in [-0.39, 0.29) is 30.4 Å². The number of ketones is 1. The number of Topliss-reactive ketones (excluding diaryl/α,β-unsaturated/α-hetero) is 1. The highest BCUT2D eigenvalue weighted by Gasteiger charge is 2.23. The molecule has 1 heterocycles. The van der Waals surface area contributed by atoms with E-state index in [1.807, 2.05) is 0 Å². The molecule has 1 rings (SSSR count). The molecule has 1 fully saturated rings. The molecule has 6 nitrogen and oxygen atoms in total. The predicted molar refractivity (Wildman–Crippen MR) is 64.9 cm³/mol. The summed E-state index contributed by atoms with van der Waals surface area (Å²) in [5, 5.41) is 2.61. The van der Waals surface area contributed by atoms with Gasteiger partial charge < -0.3 is 19.7 Å². The van der Waals surface area contributed by atoms with Gasteiger partial charge in [0, 0.05) is 25.9 Å². The largest absolute Gasteiger partial charge is 0.378 e. The molecule has 102 valence electrons. The van der Waals surface area contributed by atoms with E-state index in [1.165, 1.54) is 6.92 Å². The van der Waals surface area contributed by atoms with Gasteiger partial charge in [-0.1, -0.05) is 0 Å². The maximum Gasteiger partial charge on any atom is 0.245 e. The number of nitrogens with zero attached hydrogens (tertiary/aromatic N) is 1. The molecule has 0 saturated carbocycles. The Labute approximate surface area is 107 Å². The van der Waals surface area contributed by atoms with Crippen LogP contribution in [0.25, 0.3) is 0 Å². The fraction of sp³-hybridized carbons (Fsp3) is 0.750. The zero-order chi connectivity index (χ0) is 13.5. The Morgan fingerprint density at radius 3 is 2.39 bits per heavy atom. The first-order chi connectivity index (χ1) is 8.50. The van der Waals surface area contributed by atoms with Crippen LogP contribution >= 0.6 is 0 Å². The summed E-state index contributed by atoms with van der Waals surface area (Å²) in [7, 11) is 0. The summed E-state index contributed by atoms with van der Waals surface area (Å²) >= 11 is 0. The Bertz CT molecular complexity index is 324. The minimum atomic E-state index is -0.553. The second-order valence-electron chi connectivity index (χ2n) is 4.43. The lowest BCUT2D eigenvalue weighted by Crippen LogP contribution is -2.50. The lowest BCUT2D eigenvalue weighted by Gasteiger charge is -2.29. The summed E-state index contributed by atoms with van der Waals surface area (Å²) in [5.41, 5.74) is 0. The highest BCUT2D eigenvalue weighted by atomic mass is 16.5. The molecule has 0 radical (unpaired) electrons. The van der Waals surface area contributed by atoms with Crippen molar-refractivity contribution >= 4 is 17.6 Å². The third-order valence-electron chi connectivity index (χ3n) is 2.77. The van der Waals surface area contributed by atoms with Gasteiger partial charge in [-0.25, -0.2) is 0 Å². The van der Waals surface area contributed by atoms with Crippen LogP contribution in [0.5, 0.6) is 0 Å². The number of rotatable bonds is 5. The van der Waals surface area contributed by atoms with Gasteiger partial charge in [-0.3, -0.25) is 9.59 Å². The van der Waals surface area contributed by atoms with E-state index in [9.17, 15) is 14.4 Å². The predicted octanol–water partition coefficient (Wildman–Crippen LogP) is -0.281. The van der Waals surface area contributed by atoms with Gasteiger partial charge in [-0.15, -0.1) is 0 Å². The van der Waals surface area contributed by atoms with Crippen molar-refractivity contribution in [3.8, 4) is 0 Å². The number of hydrogen-bond donors (Lipinski definition) is 1. The van der Waals surface area contributed by atoms with Crippen LogP contribution in [0.4, 0.5) is 0 Å². The molecule has 0 aromatic rings. The molecule has 0 spiro atoms. The molecule has 1 N–H and O–H groups in total. The SMILES string of the molecule is CC(=O)CCC(=O)NC(C)C(=O)N1CCOCC1. The number of carbonyl (C=O) groups excluding carboxylic acids is 3. The number of hydrogen-bond acceptors (Lipinski definition) is 4. The van der Waals surface area contributed by atoms with E-state index in [0.29, 0.717) is 26.3 Å². The molecular weight excluding hydrogens is 236 g/mol. The van der Waals surface area contributed by atoms with Gasteiger partial charge >= 0.3 is 0 Å². The first kappa shape index (κ1) is 14.6. The molecule has 1 aliphatic heterocycles. The minimum Gasteiger partial charge on any atom is -0.378 e. The smallest absolute Gasteiger partial charge is 0.245 e. The maximum atomic E-state index is 12.0. The standard InChI is InChI=1S/C12H20N2O4/c1-9(15)3-4-11(16)13-10(2)12(17)14-5-7-18-8-6-14/h10H,3-8H2,1-2H3,(H,13,16). The number of nitrogens with one attached hydrogen (secondary N) is 1. The van der Waals surface area contributed by atoms with Gasteiger partial charge in [0.1, 0.15) is 11.8 Å². The van der Waals surface area contributed by atoms with E-state index in [0.717, 1.165) is 0 Å². The fourth-order valence-corrected chi connectivity index (χ4v) is 1.72. The summed E-state index contributed by atoms with van der Waals surface area (Å²) in [6.45, 7) is 5.30. The topological polar surface area (TPSA) is 75.7 Å². The van der Waals surface area contributed by atoms with Crippen molar-refractivity contribution in [2.75, 3.05) is 26.3 Å². The van der Waals surface area contributed by atoms with Crippen LogP contribution in [-0.4, -0.2) is 54.8 Å². The Balaban J connectivity index is 2.34. The lowest BCUT2D eigenvalue weighted by atomic mass is 10.2. The lowest BCUT2D eigenvalue weighted by molar-refractivity contribution is -0.139. The molecule has 1 saturated heterocycles. The molecular formula is C12H20N2O4. The van der Waals surface area contributed by atoms with Crippen LogP contribution in [0.3, 0.4) is 0 Å². The van der Waals surface area contributed by atoms with E-state index in [1.54, 1.807) is 11.8 Å². The molecule has 0 aromatic carbocycles. The number of ether oxygens (including phenoxy) is 1. The van der Waals surface area contributed by atoms with Crippen LogP contribution in [0.2, 0.25) is 0 Å². The fourth-order valence-electron chi connectivity index (χ4n) is 1.72. The van der Waals surface area contributed by atoms with Crippen molar-refractivity contribution in [1.82, 2.24) is 10.2 Å². The van der Waals surface area contributed by atoms with Crippen molar-refractivity contribution < 1.29 is 19.1 Å². The second-order valence-corrected chi connectivity index (χ2v) is 4.43. The number of amides is 2. The number of carbonyl (C=O) groups is 3. The van der Waals surface area contributed by atoms with E-state index in [2.05, 4.69) is 5.32 Å². The first-order valence-corrected chi connectivity index (χ1v) is 6.16. The van der Waals surface area contributed by atoms with Crippen LogP contribution in [0, 0.1) is 0 Å². The van der Waals surface area contributed by atoms with Crippen molar-refractivity contribution in [3.63, 3.8) is 0 Å². The summed E-state index contributed by atoms with van der Waals surface area (Å²) in [6, 6.07) is -0.553. The van der Waals surface area contributed by atoms with Crippen molar-refractivity contribution in [3.05, 3.63) is 0 Å². The molecule has 0 bridgehead atoms. The maximum absolute atomic E-state index is 12.0. The summed E-state index contributed by atoms with van der Waals surface area (Å²) in [5.74, 6) is -0.397. The Morgan fingerprint density at radius 2 is 1.83 bits per heavy atom. The van der Waals surface area contributed by atoms with Crippen LogP contribution in [0.15, 0.2) is 0 Å². The van der Waals surface area contributed by atoms with E-state index in [4.69, 9.17) is 4.74 Å². The Kier molecular flexibility index (Phi) is 5.77. The normalized spacial score (nSPS) is 17.1. The van der Waals surface area contributed by atoms with Gasteiger partial charge in [-0.2, -0.15) is 0 Å². The second kappa shape index (κ2) is 7.10. The average Bonchev–Trinajstić information content (AvgIpc) is 2.36. The van der Waals surface area contributed by atoms with Gasteiger partial charge in [-0.05, 0) is 13.8 Å². The highest BCUT2D eigenvalue weighted by Crippen LogP contribution is 2.01. The monoisotopic (exact) mass is 256 g/mol. The first-order valence-electron chi connectivity index (χ1n) is 6.16. The molecule has 6 heteroatoms. The van der Waals surface area contributed by atoms with E-state index < -0.39 is 6.04 Å². The highest BCUT2D eigenvalue weighted by molar-refractivity contribution is 5.89. The van der Waals surface area contributed by atoms with Gasteiger partial charge in [0.15, 0.2) is 0 Å². The minimum absolute atomic E-state index is 0.0303. The van der Waals surface area contributed by atoms with Gasteiger partial charge in [0.2, 0.25) is 11.8 Å². The van der Waals surface area contributed by atoms with Crippen molar-refractivity contribution in [1.29, 1.82) is 0 Å². The molecule has 0 aliphatic carbocycles. The summed E-state index contributed by atoms with van der Waals surface area (Å²) in [6.07, 6.45) is 0.348. The number of morpholine rings is 1. The van der Waals surface area contributed by atoms with Crippen LogP contribution in [0.1, 0.15) is 26.7 Å². The van der Waals surface area contributed by atoms with Crippen LogP contribution in [-0.2, 0) is 19.1 Å². The molecule has 0 aromatic heterocycles. The zero-order valence-electron chi connectivity index (χ0n) is 10.9. The van der Waals surface area contributed by atoms with Gasteiger partial charge in [0.05, 0.1) is 13.2 Å². The average molecular weight is 256 g/mol. The molecule has 1 atom stereocenters. The van der Waals surface area contributed by atoms with Gasteiger partial charge in [0.25, 0.3) is 0 Å². The van der Waals surface area contributed by atoms with E-state index >= 15 is 0 Å².